The summed E-state index contributed by atoms with van der Waals surface area (Å²) in [5.41, 5.74) is 2.99. The van der Waals surface area contributed by atoms with Crippen molar-refractivity contribution < 1.29 is 0 Å². The van der Waals surface area contributed by atoms with Crippen LogP contribution in [0.2, 0.25) is 5.02 Å². The third kappa shape index (κ3) is 2.74. The Kier molecular flexibility index (Phi) is 4.45. The van der Waals surface area contributed by atoms with Crippen molar-refractivity contribution in [1.82, 2.24) is 19.7 Å². The number of hydrogen-bond acceptors (Lipinski definition) is 4. The van der Waals surface area contributed by atoms with Crippen molar-refractivity contribution >= 4 is 23.4 Å². The minimum Gasteiger partial charge on any atom is -0.270 e. The van der Waals surface area contributed by atoms with Crippen molar-refractivity contribution in [3.05, 3.63) is 53.3 Å². The molecule has 0 saturated carbocycles. The highest BCUT2D eigenvalue weighted by atomic mass is 35.5. The quantitative estimate of drug-likeness (QED) is 0.665. The van der Waals surface area contributed by atoms with E-state index in [0.29, 0.717) is 0 Å². The maximum atomic E-state index is 6.29. The second kappa shape index (κ2) is 6.50. The molecular formula is C16H15ClN4S. The van der Waals surface area contributed by atoms with Crippen LogP contribution < -0.4 is 0 Å². The molecule has 0 unspecified atom stereocenters. The number of halogens is 1. The average molecular weight is 331 g/mol. The summed E-state index contributed by atoms with van der Waals surface area (Å²) in [6.45, 7) is 4.11. The van der Waals surface area contributed by atoms with Crippen molar-refractivity contribution in [2.24, 2.45) is 0 Å². The van der Waals surface area contributed by atoms with Gasteiger partial charge in [-0.2, -0.15) is 0 Å². The minimum atomic E-state index is 0.735. The first-order valence-corrected chi connectivity index (χ1v) is 8.32. The molecule has 3 rings (SSSR count). The molecule has 0 aliphatic heterocycles. The average Bonchev–Trinajstić information content (AvgIpc) is 2.95. The molecule has 1 aromatic carbocycles. The fourth-order valence-electron chi connectivity index (χ4n) is 2.24. The Balaban J connectivity index is 2.24. The van der Waals surface area contributed by atoms with Crippen LogP contribution >= 0.6 is 23.4 Å². The molecule has 0 radical (unpaired) electrons. The molecule has 0 aliphatic carbocycles. The van der Waals surface area contributed by atoms with Gasteiger partial charge in [0.25, 0.3) is 0 Å². The summed E-state index contributed by atoms with van der Waals surface area (Å²) in [6.07, 6.45) is 3.51. The summed E-state index contributed by atoms with van der Waals surface area (Å²) in [4.78, 5) is 4.06. The third-order valence-corrected chi connectivity index (χ3v) is 4.55. The lowest BCUT2D eigenvalue weighted by atomic mass is 10.2. The normalized spacial score (nSPS) is 10.9. The summed E-state index contributed by atoms with van der Waals surface area (Å²) in [5.74, 6) is 1.72. The zero-order valence-electron chi connectivity index (χ0n) is 12.3. The molecule has 0 amide bonds. The summed E-state index contributed by atoms with van der Waals surface area (Å²) in [6, 6.07) is 9.74. The van der Waals surface area contributed by atoms with Crippen molar-refractivity contribution in [2.75, 3.05) is 5.75 Å². The van der Waals surface area contributed by atoms with Crippen LogP contribution in [0.5, 0.6) is 0 Å². The van der Waals surface area contributed by atoms with Crippen molar-refractivity contribution in [2.45, 2.75) is 19.0 Å². The van der Waals surface area contributed by atoms with Gasteiger partial charge in [-0.3, -0.25) is 9.55 Å². The van der Waals surface area contributed by atoms with E-state index in [2.05, 4.69) is 26.7 Å². The smallest absolute Gasteiger partial charge is 0.196 e. The monoisotopic (exact) mass is 330 g/mol. The van der Waals surface area contributed by atoms with E-state index in [0.717, 1.165) is 38.6 Å². The maximum Gasteiger partial charge on any atom is 0.196 e. The van der Waals surface area contributed by atoms with E-state index in [1.165, 1.54) is 0 Å². The standard InChI is InChI=1S/C16H15ClN4S/c1-3-22-16-20-19-15(12-7-9-18-10-8-12)21(16)14-6-4-5-13(17)11(14)2/h4-10H,3H2,1-2H3. The molecule has 2 aromatic heterocycles. The van der Waals surface area contributed by atoms with Crippen molar-refractivity contribution in [3.63, 3.8) is 0 Å². The Morgan fingerprint density at radius 2 is 1.91 bits per heavy atom. The molecule has 0 N–H and O–H groups in total. The van der Waals surface area contributed by atoms with Gasteiger partial charge in [0.1, 0.15) is 0 Å². The molecular weight excluding hydrogens is 316 g/mol. The highest BCUT2D eigenvalue weighted by Gasteiger charge is 2.17. The van der Waals surface area contributed by atoms with E-state index < -0.39 is 0 Å². The van der Waals surface area contributed by atoms with E-state index in [-0.39, 0.29) is 0 Å². The maximum absolute atomic E-state index is 6.29. The molecule has 3 aromatic rings. The first-order valence-electron chi connectivity index (χ1n) is 6.96. The SMILES string of the molecule is CCSc1nnc(-c2ccncc2)n1-c1cccc(Cl)c1C. The molecule has 0 fully saturated rings. The number of nitrogens with zero attached hydrogens (tertiary/aromatic N) is 4. The fraction of sp³-hybridized carbons (Fsp3) is 0.188. The van der Waals surface area contributed by atoms with Gasteiger partial charge in [-0.1, -0.05) is 36.4 Å². The molecule has 22 heavy (non-hydrogen) atoms. The van der Waals surface area contributed by atoms with Gasteiger partial charge in [0.05, 0.1) is 5.69 Å². The highest BCUT2D eigenvalue weighted by molar-refractivity contribution is 7.99. The topological polar surface area (TPSA) is 43.6 Å². The number of hydrogen-bond donors (Lipinski definition) is 0. The van der Waals surface area contributed by atoms with Crippen molar-refractivity contribution in [1.29, 1.82) is 0 Å². The van der Waals surface area contributed by atoms with Crippen LogP contribution in [0.1, 0.15) is 12.5 Å². The lowest BCUT2D eigenvalue weighted by Gasteiger charge is -2.13. The number of aromatic nitrogens is 4. The second-order valence-electron chi connectivity index (χ2n) is 4.69. The Morgan fingerprint density at radius 3 is 2.64 bits per heavy atom. The lowest BCUT2D eigenvalue weighted by Crippen LogP contribution is -2.02. The zero-order valence-corrected chi connectivity index (χ0v) is 13.9. The molecule has 4 nitrogen and oxygen atoms in total. The fourth-order valence-corrected chi connectivity index (χ4v) is 3.08. The predicted molar refractivity (Wildman–Crippen MR) is 90.7 cm³/mol. The van der Waals surface area contributed by atoms with Crippen LogP contribution in [0, 0.1) is 6.92 Å². The van der Waals surface area contributed by atoms with E-state index in [1.54, 1.807) is 24.2 Å². The Labute approximate surface area is 138 Å². The number of thioether (sulfide) groups is 1. The van der Waals surface area contributed by atoms with Crippen LogP contribution in [0.3, 0.4) is 0 Å². The number of rotatable bonds is 4. The predicted octanol–water partition coefficient (Wildman–Crippen LogP) is 4.40. The summed E-state index contributed by atoms with van der Waals surface area (Å²) in [5, 5.41) is 10.3. The molecule has 0 atom stereocenters. The van der Waals surface area contributed by atoms with Gasteiger partial charge in [-0.25, -0.2) is 0 Å². The van der Waals surface area contributed by atoms with E-state index in [9.17, 15) is 0 Å². The highest BCUT2D eigenvalue weighted by Crippen LogP contribution is 2.31. The molecule has 0 bridgehead atoms. The number of pyridine rings is 1. The van der Waals surface area contributed by atoms with Gasteiger partial charge in [-0.05, 0) is 42.5 Å². The first kappa shape index (κ1) is 15.1. The van der Waals surface area contributed by atoms with Crippen LogP contribution in [0.25, 0.3) is 17.1 Å². The summed E-state index contributed by atoms with van der Waals surface area (Å²) in [7, 11) is 0. The van der Waals surface area contributed by atoms with Gasteiger partial charge in [0, 0.05) is 23.0 Å². The van der Waals surface area contributed by atoms with Crippen LogP contribution in [0.15, 0.2) is 47.9 Å². The molecule has 112 valence electrons. The third-order valence-electron chi connectivity index (χ3n) is 3.33. The Hall–Kier alpha value is -1.85. The van der Waals surface area contributed by atoms with Crippen molar-refractivity contribution in [3.8, 4) is 17.1 Å². The molecule has 0 saturated heterocycles. The Morgan fingerprint density at radius 1 is 1.14 bits per heavy atom. The van der Waals surface area contributed by atoms with Gasteiger partial charge < -0.3 is 0 Å². The van der Waals surface area contributed by atoms with Crippen LogP contribution in [-0.4, -0.2) is 25.5 Å². The molecule has 6 heteroatoms. The zero-order chi connectivity index (χ0) is 15.5. The Bertz CT molecular complexity index is 786. The van der Waals surface area contributed by atoms with Gasteiger partial charge in [-0.15, -0.1) is 10.2 Å². The summed E-state index contributed by atoms with van der Waals surface area (Å²) >= 11 is 7.94. The lowest BCUT2D eigenvalue weighted by molar-refractivity contribution is 0.881. The second-order valence-corrected chi connectivity index (χ2v) is 6.33. The van der Waals surface area contributed by atoms with Crippen LogP contribution in [-0.2, 0) is 0 Å². The number of benzene rings is 1. The molecule has 0 aliphatic rings. The molecule has 0 spiro atoms. The minimum absolute atomic E-state index is 0.735. The van der Waals surface area contributed by atoms with Crippen LogP contribution in [0.4, 0.5) is 0 Å². The van der Waals surface area contributed by atoms with E-state index >= 15 is 0 Å². The van der Waals surface area contributed by atoms with E-state index in [4.69, 9.17) is 11.6 Å². The largest absolute Gasteiger partial charge is 0.270 e. The first-order chi connectivity index (χ1) is 10.7. The molecule has 2 heterocycles. The van der Waals surface area contributed by atoms with E-state index in [1.807, 2.05) is 37.3 Å². The summed E-state index contributed by atoms with van der Waals surface area (Å²) < 4.78 is 2.06. The van der Waals surface area contributed by atoms with Gasteiger partial charge in [0.2, 0.25) is 0 Å². The van der Waals surface area contributed by atoms with Gasteiger partial charge >= 0.3 is 0 Å². The van der Waals surface area contributed by atoms with Gasteiger partial charge in [0.15, 0.2) is 11.0 Å².